The number of carbonyl (C=O) groups is 2. The average Bonchev–Trinajstić information content (AvgIpc) is 3.13. The lowest BCUT2D eigenvalue weighted by Gasteiger charge is -2.15. The molecule has 27 heavy (non-hydrogen) atoms. The fourth-order valence-electron chi connectivity index (χ4n) is 3.04. The highest BCUT2D eigenvalue weighted by Gasteiger charge is 2.22. The Morgan fingerprint density at radius 1 is 1.15 bits per heavy atom. The second-order valence-electron chi connectivity index (χ2n) is 6.09. The number of aromatic nitrogens is 1. The smallest absolute Gasteiger partial charge is 0.348 e. The van der Waals surface area contributed by atoms with E-state index in [0.29, 0.717) is 10.6 Å². The van der Waals surface area contributed by atoms with E-state index in [1.54, 1.807) is 12.1 Å². The summed E-state index contributed by atoms with van der Waals surface area (Å²) in [6.07, 6.45) is 3.38. The van der Waals surface area contributed by atoms with E-state index in [1.807, 2.05) is 18.2 Å². The van der Waals surface area contributed by atoms with Crippen LogP contribution in [0.4, 0.5) is 5.69 Å². The topological polar surface area (TPSA) is 68.3 Å². The number of amides is 1. The van der Waals surface area contributed by atoms with Gasteiger partial charge in [0.2, 0.25) is 0 Å². The number of halogens is 1. The van der Waals surface area contributed by atoms with Gasteiger partial charge in [-0.05, 0) is 47.7 Å². The third-order valence-electron chi connectivity index (χ3n) is 4.30. The summed E-state index contributed by atoms with van der Waals surface area (Å²) in [6.45, 7) is -0.386. The van der Waals surface area contributed by atoms with Crippen molar-refractivity contribution in [1.29, 1.82) is 0 Å². The van der Waals surface area contributed by atoms with Crippen LogP contribution in [0.1, 0.15) is 20.8 Å². The van der Waals surface area contributed by atoms with Gasteiger partial charge < -0.3 is 10.1 Å². The summed E-state index contributed by atoms with van der Waals surface area (Å²) in [6, 6.07) is 13.4. The largest absolute Gasteiger partial charge is 0.451 e. The van der Waals surface area contributed by atoms with Gasteiger partial charge in [0.25, 0.3) is 5.91 Å². The molecule has 2 heterocycles. The zero-order chi connectivity index (χ0) is 18.8. The monoisotopic (exact) mass is 398 g/mol. The number of anilines is 1. The molecule has 0 bridgehead atoms. The normalized spacial score (nSPS) is 12.0. The van der Waals surface area contributed by atoms with Gasteiger partial charge in [-0.2, -0.15) is 0 Å². The molecular weight excluding hydrogens is 384 g/mol. The summed E-state index contributed by atoms with van der Waals surface area (Å²) in [5.41, 5.74) is 3.99. The van der Waals surface area contributed by atoms with Gasteiger partial charge in [-0.25, -0.2) is 9.78 Å². The molecule has 1 amide bonds. The first-order valence-electron chi connectivity index (χ1n) is 8.40. The molecule has 0 aliphatic heterocycles. The number of fused-ring (bicyclic) bond motifs is 3. The molecular formula is C20H15ClN2O3S. The SMILES string of the molecule is O=C(COC(=O)c1cc2c(s1)-c1ccccc1CC2)Nc1cccnc1Cl. The zero-order valence-electron chi connectivity index (χ0n) is 14.2. The van der Waals surface area contributed by atoms with E-state index in [9.17, 15) is 9.59 Å². The lowest BCUT2D eigenvalue weighted by Crippen LogP contribution is -2.20. The highest BCUT2D eigenvalue weighted by molar-refractivity contribution is 7.17. The third kappa shape index (κ3) is 3.72. The van der Waals surface area contributed by atoms with Crippen molar-refractivity contribution < 1.29 is 14.3 Å². The Hall–Kier alpha value is -2.70. The number of nitrogens with zero attached hydrogens (tertiary/aromatic N) is 1. The van der Waals surface area contributed by atoms with Gasteiger partial charge in [0.05, 0.1) is 5.69 Å². The molecule has 0 radical (unpaired) electrons. The molecule has 1 aromatic carbocycles. The summed E-state index contributed by atoms with van der Waals surface area (Å²) in [4.78, 5) is 29.8. The van der Waals surface area contributed by atoms with Gasteiger partial charge in [-0.3, -0.25) is 4.79 Å². The summed E-state index contributed by atoms with van der Waals surface area (Å²) < 4.78 is 5.16. The maximum atomic E-state index is 12.4. The predicted molar refractivity (Wildman–Crippen MR) is 105 cm³/mol. The third-order valence-corrected chi connectivity index (χ3v) is 5.80. The van der Waals surface area contributed by atoms with Crippen LogP contribution in [-0.2, 0) is 22.4 Å². The van der Waals surface area contributed by atoms with Crippen LogP contribution in [0.3, 0.4) is 0 Å². The van der Waals surface area contributed by atoms with Crippen molar-refractivity contribution in [2.45, 2.75) is 12.8 Å². The minimum absolute atomic E-state index is 0.182. The second kappa shape index (κ2) is 7.50. The first kappa shape index (κ1) is 17.7. The number of benzene rings is 1. The van der Waals surface area contributed by atoms with Crippen molar-refractivity contribution in [2.24, 2.45) is 0 Å². The van der Waals surface area contributed by atoms with E-state index < -0.39 is 11.9 Å². The van der Waals surface area contributed by atoms with Gasteiger partial charge >= 0.3 is 5.97 Å². The summed E-state index contributed by atoms with van der Waals surface area (Å²) >= 11 is 7.30. The maximum absolute atomic E-state index is 12.4. The Morgan fingerprint density at radius 3 is 2.81 bits per heavy atom. The fraction of sp³-hybridized carbons (Fsp3) is 0.150. The Bertz CT molecular complexity index is 1030. The average molecular weight is 399 g/mol. The number of hydrogen-bond acceptors (Lipinski definition) is 5. The van der Waals surface area contributed by atoms with Crippen molar-refractivity contribution in [1.82, 2.24) is 4.98 Å². The lowest BCUT2D eigenvalue weighted by molar-refractivity contribution is -0.119. The Morgan fingerprint density at radius 2 is 1.96 bits per heavy atom. The number of ether oxygens (including phenoxy) is 1. The number of thiophene rings is 1. The van der Waals surface area contributed by atoms with Crippen LogP contribution >= 0.6 is 22.9 Å². The molecule has 4 rings (SSSR count). The molecule has 0 spiro atoms. The van der Waals surface area contributed by atoms with Crippen molar-refractivity contribution in [3.8, 4) is 10.4 Å². The minimum Gasteiger partial charge on any atom is -0.451 e. The number of esters is 1. The highest BCUT2D eigenvalue weighted by Crippen LogP contribution is 2.39. The highest BCUT2D eigenvalue weighted by atomic mass is 35.5. The van der Waals surface area contributed by atoms with Crippen LogP contribution < -0.4 is 5.32 Å². The van der Waals surface area contributed by atoms with E-state index in [1.165, 1.54) is 28.7 Å². The quantitative estimate of drug-likeness (QED) is 0.523. The number of nitrogens with one attached hydrogen (secondary N) is 1. The molecule has 0 unspecified atom stereocenters. The maximum Gasteiger partial charge on any atom is 0.348 e. The van der Waals surface area contributed by atoms with Crippen LogP contribution in [-0.4, -0.2) is 23.5 Å². The molecule has 0 saturated heterocycles. The van der Waals surface area contributed by atoms with Gasteiger partial charge in [0.1, 0.15) is 4.88 Å². The number of aryl methyl sites for hydroxylation is 2. The van der Waals surface area contributed by atoms with Crippen molar-refractivity contribution in [2.75, 3.05) is 11.9 Å². The molecule has 5 nitrogen and oxygen atoms in total. The molecule has 136 valence electrons. The second-order valence-corrected chi connectivity index (χ2v) is 7.50. The van der Waals surface area contributed by atoms with E-state index in [2.05, 4.69) is 22.4 Å². The molecule has 0 saturated carbocycles. The van der Waals surface area contributed by atoms with Gasteiger partial charge in [0, 0.05) is 11.1 Å². The standard InChI is InChI=1S/C20H15ClN2O3S/c21-19-15(6-3-9-22-19)23-17(24)11-26-20(25)16-10-13-8-7-12-4-1-2-5-14(12)18(13)27-16/h1-6,9-10H,7-8,11H2,(H,23,24). The molecule has 7 heteroatoms. The van der Waals surface area contributed by atoms with E-state index >= 15 is 0 Å². The summed E-state index contributed by atoms with van der Waals surface area (Å²) in [5.74, 6) is -0.968. The molecule has 1 aliphatic carbocycles. The Labute approximate surface area is 165 Å². The molecule has 2 aromatic heterocycles. The van der Waals surface area contributed by atoms with Gasteiger partial charge in [-0.15, -0.1) is 11.3 Å². The molecule has 0 fully saturated rings. The molecule has 1 N–H and O–H groups in total. The molecule has 1 aliphatic rings. The number of carbonyl (C=O) groups excluding carboxylic acids is 2. The number of hydrogen-bond donors (Lipinski definition) is 1. The van der Waals surface area contributed by atoms with Crippen LogP contribution in [0.2, 0.25) is 5.15 Å². The predicted octanol–water partition coefficient (Wildman–Crippen LogP) is 4.36. The summed E-state index contributed by atoms with van der Waals surface area (Å²) in [7, 11) is 0. The minimum atomic E-state index is -0.501. The van der Waals surface area contributed by atoms with Gasteiger partial charge in [0.15, 0.2) is 11.8 Å². The number of pyridine rings is 1. The Balaban J connectivity index is 1.42. The van der Waals surface area contributed by atoms with Crippen molar-refractivity contribution >= 4 is 40.5 Å². The Kier molecular flexibility index (Phi) is 4.92. The van der Waals surface area contributed by atoms with E-state index in [0.717, 1.165) is 23.3 Å². The first-order valence-corrected chi connectivity index (χ1v) is 9.60. The van der Waals surface area contributed by atoms with Crippen molar-refractivity contribution in [3.63, 3.8) is 0 Å². The zero-order valence-corrected chi connectivity index (χ0v) is 15.8. The number of rotatable bonds is 4. The van der Waals surface area contributed by atoms with Gasteiger partial charge in [-0.1, -0.05) is 35.9 Å². The van der Waals surface area contributed by atoms with Crippen LogP contribution in [0.25, 0.3) is 10.4 Å². The van der Waals surface area contributed by atoms with Crippen molar-refractivity contribution in [3.05, 3.63) is 69.8 Å². The summed E-state index contributed by atoms with van der Waals surface area (Å²) in [5, 5.41) is 2.75. The van der Waals surface area contributed by atoms with Crippen LogP contribution in [0, 0.1) is 0 Å². The first-order chi connectivity index (χ1) is 13.1. The van der Waals surface area contributed by atoms with E-state index in [-0.39, 0.29) is 11.8 Å². The molecule has 0 atom stereocenters. The molecule has 3 aromatic rings. The van der Waals surface area contributed by atoms with Crippen LogP contribution in [0.15, 0.2) is 48.7 Å². The van der Waals surface area contributed by atoms with Crippen LogP contribution in [0.5, 0.6) is 0 Å². The fourth-order valence-corrected chi connectivity index (χ4v) is 4.37. The van der Waals surface area contributed by atoms with E-state index in [4.69, 9.17) is 16.3 Å². The lowest BCUT2D eigenvalue weighted by atomic mass is 9.91.